The maximum Gasteiger partial charge on any atom is 0.449 e. The van der Waals surface area contributed by atoms with Gasteiger partial charge >= 0.3 is 12.1 Å². The van der Waals surface area contributed by atoms with Crippen LogP contribution in [0, 0.1) is 5.41 Å². The summed E-state index contributed by atoms with van der Waals surface area (Å²) in [5, 5.41) is 9.21. The van der Waals surface area contributed by atoms with Crippen molar-refractivity contribution in [2.45, 2.75) is 32.5 Å². The smallest absolute Gasteiger partial charge is 0.449 e. The highest BCUT2D eigenvalue weighted by atomic mass is 19.4. The lowest BCUT2D eigenvalue weighted by Crippen LogP contribution is -2.19. The number of imidazole rings is 1. The normalized spacial score (nSPS) is 17.1. The van der Waals surface area contributed by atoms with Crippen LogP contribution in [0.3, 0.4) is 0 Å². The SMILES string of the molecule is CC1(Cn2c(C(F)(F)F)nc3cccc(C(=O)O)c32)CC1. The molecule has 1 fully saturated rings. The molecule has 112 valence electrons. The molecule has 1 aromatic carbocycles. The molecule has 0 saturated heterocycles. The molecule has 1 N–H and O–H groups in total. The fraction of sp³-hybridized carbons (Fsp3) is 0.429. The van der Waals surface area contributed by atoms with Gasteiger partial charge in [0.1, 0.15) is 0 Å². The summed E-state index contributed by atoms with van der Waals surface area (Å²) in [5.41, 5.74) is -0.254. The molecule has 0 atom stereocenters. The van der Waals surface area contributed by atoms with Crippen LogP contribution in [-0.4, -0.2) is 20.6 Å². The fourth-order valence-electron chi connectivity index (χ4n) is 2.48. The van der Waals surface area contributed by atoms with E-state index < -0.39 is 18.0 Å². The molecule has 4 nitrogen and oxygen atoms in total. The summed E-state index contributed by atoms with van der Waals surface area (Å²) in [6.45, 7) is 2.02. The quantitative estimate of drug-likeness (QED) is 0.942. The van der Waals surface area contributed by atoms with Gasteiger partial charge in [-0.05, 0) is 30.4 Å². The van der Waals surface area contributed by atoms with E-state index in [9.17, 15) is 23.1 Å². The Bertz CT molecular complexity index is 730. The van der Waals surface area contributed by atoms with Crippen LogP contribution in [0.15, 0.2) is 18.2 Å². The number of alkyl halides is 3. The standard InChI is InChI=1S/C14H13F3N2O2/c1-13(5-6-13)7-19-10-8(11(20)21)3-2-4-9(10)18-12(19)14(15,16)17/h2-4H,5-7H2,1H3,(H,20,21). The first-order valence-electron chi connectivity index (χ1n) is 6.51. The molecule has 21 heavy (non-hydrogen) atoms. The maximum atomic E-state index is 13.2. The molecule has 0 radical (unpaired) electrons. The Morgan fingerprint density at radius 1 is 1.43 bits per heavy atom. The Morgan fingerprint density at radius 3 is 2.62 bits per heavy atom. The minimum Gasteiger partial charge on any atom is -0.478 e. The van der Waals surface area contributed by atoms with Crippen LogP contribution in [0.2, 0.25) is 0 Å². The zero-order valence-corrected chi connectivity index (χ0v) is 11.2. The van der Waals surface area contributed by atoms with E-state index in [2.05, 4.69) is 4.98 Å². The van der Waals surface area contributed by atoms with Crippen molar-refractivity contribution in [1.29, 1.82) is 0 Å². The third-order valence-corrected chi connectivity index (χ3v) is 3.89. The second kappa shape index (κ2) is 4.22. The van der Waals surface area contributed by atoms with Gasteiger partial charge in [-0.15, -0.1) is 0 Å². The minimum absolute atomic E-state index is 0.0467. The molecule has 1 aromatic heterocycles. The number of hydrogen-bond donors (Lipinski definition) is 1. The number of carboxylic acids is 1. The lowest BCUT2D eigenvalue weighted by Gasteiger charge is -2.16. The van der Waals surface area contributed by atoms with Gasteiger partial charge in [-0.1, -0.05) is 13.0 Å². The first-order valence-corrected chi connectivity index (χ1v) is 6.51. The van der Waals surface area contributed by atoms with Crippen LogP contribution in [0.25, 0.3) is 11.0 Å². The Kier molecular flexibility index (Phi) is 2.80. The van der Waals surface area contributed by atoms with Crippen LogP contribution < -0.4 is 0 Å². The molecule has 0 unspecified atom stereocenters. The Balaban J connectivity index is 2.29. The number of nitrogens with zero attached hydrogens (tertiary/aromatic N) is 2. The number of aromatic nitrogens is 2. The van der Waals surface area contributed by atoms with Crippen molar-refractivity contribution in [1.82, 2.24) is 9.55 Å². The van der Waals surface area contributed by atoms with Crippen LogP contribution in [0.5, 0.6) is 0 Å². The summed E-state index contributed by atoms with van der Waals surface area (Å²) in [4.78, 5) is 14.9. The number of benzene rings is 1. The van der Waals surface area contributed by atoms with Gasteiger partial charge in [0.05, 0.1) is 16.6 Å². The first-order chi connectivity index (χ1) is 9.71. The predicted molar refractivity (Wildman–Crippen MR) is 69.0 cm³/mol. The molecular formula is C14H13F3N2O2. The molecule has 2 aromatic rings. The second-order valence-corrected chi connectivity index (χ2v) is 5.81. The summed E-state index contributed by atoms with van der Waals surface area (Å²) in [5.74, 6) is -2.28. The van der Waals surface area contributed by atoms with Crippen LogP contribution in [0.4, 0.5) is 13.2 Å². The Labute approximate surface area is 118 Å². The molecule has 1 aliphatic carbocycles. The van der Waals surface area contributed by atoms with Gasteiger partial charge in [-0.25, -0.2) is 9.78 Å². The highest BCUT2D eigenvalue weighted by Gasteiger charge is 2.43. The van der Waals surface area contributed by atoms with Gasteiger partial charge in [-0.3, -0.25) is 0 Å². The zero-order valence-electron chi connectivity index (χ0n) is 11.2. The monoisotopic (exact) mass is 298 g/mol. The van der Waals surface area contributed by atoms with Gasteiger partial charge in [-0.2, -0.15) is 13.2 Å². The zero-order chi connectivity index (χ0) is 15.4. The fourth-order valence-corrected chi connectivity index (χ4v) is 2.48. The van der Waals surface area contributed by atoms with Crippen LogP contribution in [0.1, 0.15) is 35.9 Å². The molecule has 1 heterocycles. The molecule has 0 bridgehead atoms. The summed E-state index contributed by atoms with van der Waals surface area (Å²) in [6, 6.07) is 4.11. The van der Waals surface area contributed by atoms with Crippen molar-refractivity contribution in [3.05, 3.63) is 29.6 Å². The van der Waals surface area contributed by atoms with E-state index in [4.69, 9.17) is 0 Å². The third-order valence-electron chi connectivity index (χ3n) is 3.89. The Morgan fingerprint density at radius 2 is 2.10 bits per heavy atom. The van der Waals surface area contributed by atoms with Gasteiger partial charge in [0.25, 0.3) is 0 Å². The number of carbonyl (C=O) groups is 1. The van der Waals surface area contributed by atoms with Gasteiger partial charge < -0.3 is 9.67 Å². The second-order valence-electron chi connectivity index (χ2n) is 5.81. The van der Waals surface area contributed by atoms with E-state index in [1.165, 1.54) is 18.2 Å². The maximum absolute atomic E-state index is 13.2. The number of aromatic carboxylic acids is 1. The first kappa shape index (κ1) is 13.9. The summed E-state index contributed by atoms with van der Waals surface area (Å²) < 4.78 is 40.6. The highest BCUT2D eigenvalue weighted by Crippen LogP contribution is 2.48. The van der Waals surface area contributed by atoms with Gasteiger partial charge in [0.15, 0.2) is 0 Å². The number of rotatable bonds is 3. The minimum atomic E-state index is -4.61. The van der Waals surface area contributed by atoms with E-state index in [1.54, 1.807) is 0 Å². The average molecular weight is 298 g/mol. The van der Waals surface area contributed by atoms with E-state index in [0.29, 0.717) is 0 Å². The van der Waals surface area contributed by atoms with Crippen LogP contribution in [-0.2, 0) is 12.7 Å². The third kappa shape index (κ3) is 2.36. The van der Waals surface area contributed by atoms with E-state index in [0.717, 1.165) is 17.4 Å². The van der Waals surface area contributed by atoms with Crippen molar-refractivity contribution in [3.8, 4) is 0 Å². The number of carboxylic acid groups (broad SMARTS) is 1. The molecule has 1 saturated carbocycles. The van der Waals surface area contributed by atoms with Gasteiger partial charge in [0, 0.05) is 6.54 Å². The summed E-state index contributed by atoms with van der Waals surface area (Å²) in [7, 11) is 0. The lowest BCUT2D eigenvalue weighted by molar-refractivity contribution is -0.147. The predicted octanol–water partition coefficient (Wildman–Crippen LogP) is 3.55. The van der Waals surface area contributed by atoms with Gasteiger partial charge in [0.2, 0.25) is 5.82 Å². The topological polar surface area (TPSA) is 55.1 Å². The van der Waals surface area contributed by atoms with E-state index in [1.807, 2.05) is 6.92 Å². The summed E-state index contributed by atoms with van der Waals surface area (Å²) in [6.07, 6.45) is -2.95. The lowest BCUT2D eigenvalue weighted by atomic mass is 10.1. The molecular weight excluding hydrogens is 285 g/mol. The van der Waals surface area contributed by atoms with Crippen molar-refractivity contribution < 1.29 is 23.1 Å². The molecule has 1 aliphatic rings. The van der Waals surface area contributed by atoms with E-state index >= 15 is 0 Å². The number of halogens is 3. The molecule has 0 spiro atoms. The molecule has 3 rings (SSSR count). The van der Waals surface area contributed by atoms with Crippen molar-refractivity contribution in [2.75, 3.05) is 0 Å². The van der Waals surface area contributed by atoms with E-state index in [-0.39, 0.29) is 28.6 Å². The summed E-state index contributed by atoms with van der Waals surface area (Å²) >= 11 is 0. The average Bonchev–Trinajstić information content (AvgIpc) is 2.97. The number of hydrogen-bond acceptors (Lipinski definition) is 2. The van der Waals surface area contributed by atoms with Crippen molar-refractivity contribution >= 4 is 17.0 Å². The van der Waals surface area contributed by atoms with Crippen molar-refractivity contribution in [3.63, 3.8) is 0 Å². The van der Waals surface area contributed by atoms with Crippen molar-refractivity contribution in [2.24, 2.45) is 5.41 Å². The highest BCUT2D eigenvalue weighted by molar-refractivity contribution is 6.01. The largest absolute Gasteiger partial charge is 0.478 e. The molecule has 7 heteroatoms. The number of fused-ring (bicyclic) bond motifs is 1. The molecule has 0 amide bonds. The molecule has 0 aliphatic heterocycles. The van der Waals surface area contributed by atoms with Crippen LogP contribution >= 0.6 is 0 Å². The number of para-hydroxylation sites is 1. The Hall–Kier alpha value is -2.05.